The Kier molecular flexibility index (Phi) is 6.15. The minimum atomic E-state index is -3.23. The van der Waals surface area contributed by atoms with Crippen LogP contribution in [0.15, 0.2) is 36.4 Å². The summed E-state index contributed by atoms with van der Waals surface area (Å²) >= 11 is 5.99. The summed E-state index contributed by atoms with van der Waals surface area (Å²) in [4.78, 5) is 12.6. The second kappa shape index (κ2) is 7.97. The monoisotopic (exact) mass is 396 g/mol. The average Bonchev–Trinajstić information content (AvgIpc) is 2.56. The van der Waals surface area contributed by atoms with Gasteiger partial charge in [0.15, 0.2) is 9.84 Å². The fourth-order valence-corrected chi connectivity index (χ4v) is 3.39. The Bertz CT molecular complexity index is 927. The van der Waals surface area contributed by atoms with Crippen molar-refractivity contribution in [2.75, 3.05) is 18.2 Å². The van der Waals surface area contributed by atoms with Gasteiger partial charge in [-0.2, -0.15) is 0 Å². The highest BCUT2D eigenvalue weighted by Crippen LogP contribution is 2.29. The quantitative estimate of drug-likeness (QED) is 0.728. The van der Waals surface area contributed by atoms with E-state index >= 15 is 0 Å². The van der Waals surface area contributed by atoms with E-state index in [1.54, 1.807) is 38.1 Å². The molecule has 0 spiro atoms. The summed E-state index contributed by atoms with van der Waals surface area (Å²) in [6, 6.07) is 9.60. The number of rotatable bonds is 6. The van der Waals surface area contributed by atoms with Gasteiger partial charge in [0.2, 0.25) is 0 Å². The molecular weight excluding hydrogens is 376 g/mol. The number of hydrogen-bond acceptors (Lipinski definition) is 5. The molecule has 0 heterocycles. The topological polar surface area (TPSA) is 98.5 Å². The van der Waals surface area contributed by atoms with Crippen molar-refractivity contribution in [2.45, 2.75) is 24.9 Å². The summed E-state index contributed by atoms with van der Waals surface area (Å²) < 4.78 is 29.3. The van der Waals surface area contributed by atoms with E-state index in [1.165, 1.54) is 19.2 Å². The molecule has 0 aliphatic carbocycles. The number of sulfone groups is 1. The zero-order chi connectivity index (χ0) is 19.5. The number of nitrogens with one attached hydrogen (secondary N) is 1. The zero-order valence-electron chi connectivity index (χ0n) is 14.7. The van der Waals surface area contributed by atoms with Crippen molar-refractivity contribution in [3.63, 3.8) is 0 Å². The summed E-state index contributed by atoms with van der Waals surface area (Å²) in [5, 5.41) is 2.49. The maximum Gasteiger partial charge on any atom is 0.259 e. The van der Waals surface area contributed by atoms with Crippen molar-refractivity contribution < 1.29 is 17.9 Å². The van der Waals surface area contributed by atoms with Crippen molar-refractivity contribution in [3.8, 4) is 5.75 Å². The minimum Gasteiger partial charge on any atom is -0.496 e. The van der Waals surface area contributed by atoms with Gasteiger partial charge in [0.05, 0.1) is 34.4 Å². The molecule has 0 fully saturated rings. The standard InChI is InChI=1S/C18H21ClN2O4S/c1-11(2)26(23,24)10-12-5-4-6-13(7-12)21-18(22)14-8-15(19)16(20)9-17(14)25-3/h4-9,11H,10,20H2,1-3H3,(H,21,22). The molecule has 2 aromatic rings. The first-order valence-electron chi connectivity index (χ1n) is 7.89. The number of hydrogen-bond donors (Lipinski definition) is 2. The first kappa shape index (κ1) is 20.1. The van der Waals surface area contributed by atoms with Crippen LogP contribution in [0.25, 0.3) is 0 Å². The molecule has 0 saturated heterocycles. The highest BCUT2D eigenvalue weighted by Gasteiger charge is 2.18. The van der Waals surface area contributed by atoms with Gasteiger partial charge < -0.3 is 15.8 Å². The van der Waals surface area contributed by atoms with E-state index in [0.29, 0.717) is 22.7 Å². The number of benzene rings is 2. The number of nitrogens with two attached hydrogens (primary N) is 1. The maximum atomic E-state index is 12.6. The first-order chi connectivity index (χ1) is 12.1. The number of ether oxygens (including phenoxy) is 1. The Morgan fingerprint density at radius 2 is 1.96 bits per heavy atom. The van der Waals surface area contributed by atoms with Gasteiger partial charge >= 0.3 is 0 Å². The minimum absolute atomic E-state index is 0.0919. The van der Waals surface area contributed by atoms with E-state index in [4.69, 9.17) is 22.1 Å². The predicted octanol–water partition coefficient (Wildman–Crippen LogP) is 3.51. The largest absolute Gasteiger partial charge is 0.496 e. The van der Waals surface area contributed by atoms with Crippen LogP contribution in [0.2, 0.25) is 5.02 Å². The van der Waals surface area contributed by atoms with Crippen molar-refractivity contribution in [2.24, 2.45) is 0 Å². The Morgan fingerprint density at radius 3 is 2.58 bits per heavy atom. The van der Waals surface area contributed by atoms with Gasteiger partial charge in [-0.1, -0.05) is 23.7 Å². The molecular formula is C18H21ClN2O4S. The molecule has 140 valence electrons. The zero-order valence-corrected chi connectivity index (χ0v) is 16.3. The van der Waals surface area contributed by atoms with E-state index in [0.717, 1.165) is 0 Å². The van der Waals surface area contributed by atoms with Crippen LogP contribution in [0, 0.1) is 0 Å². The Balaban J connectivity index is 2.26. The highest BCUT2D eigenvalue weighted by atomic mass is 35.5. The molecule has 0 saturated carbocycles. The van der Waals surface area contributed by atoms with Gasteiger partial charge in [0, 0.05) is 11.8 Å². The molecule has 6 nitrogen and oxygen atoms in total. The third kappa shape index (κ3) is 4.68. The van der Waals surface area contributed by atoms with Gasteiger partial charge in [-0.25, -0.2) is 8.42 Å². The van der Waals surface area contributed by atoms with Crippen LogP contribution < -0.4 is 15.8 Å². The summed E-state index contributed by atoms with van der Waals surface area (Å²) in [6.45, 7) is 3.27. The molecule has 26 heavy (non-hydrogen) atoms. The Labute approximate surface area is 158 Å². The fraction of sp³-hybridized carbons (Fsp3) is 0.278. The van der Waals surface area contributed by atoms with E-state index < -0.39 is 21.0 Å². The second-order valence-electron chi connectivity index (χ2n) is 6.08. The summed E-state index contributed by atoms with van der Waals surface area (Å²) in [5.74, 6) is -0.235. The van der Waals surface area contributed by atoms with Gasteiger partial charge in [0.25, 0.3) is 5.91 Å². The summed E-state index contributed by atoms with van der Waals surface area (Å²) in [7, 11) is -1.81. The molecule has 0 unspecified atom stereocenters. The number of halogens is 1. The number of amides is 1. The molecule has 0 aliphatic rings. The summed E-state index contributed by atoms with van der Waals surface area (Å²) in [6.07, 6.45) is 0. The molecule has 2 rings (SSSR count). The molecule has 8 heteroatoms. The Morgan fingerprint density at radius 1 is 1.27 bits per heavy atom. The first-order valence-corrected chi connectivity index (χ1v) is 9.98. The van der Waals surface area contributed by atoms with Crippen LogP contribution in [0.4, 0.5) is 11.4 Å². The van der Waals surface area contributed by atoms with E-state index in [2.05, 4.69) is 5.32 Å². The normalized spacial score (nSPS) is 11.4. The predicted molar refractivity (Wildman–Crippen MR) is 105 cm³/mol. The molecule has 0 aromatic heterocycles. The number of methoxy groups -OCH3 is 1. The number of anilines is 2. The van der Waals surface area contributed by atoms with Crippen LogP contribution in [0.1, 0.15) is 29.8 Å². The molecule has 1 amide bonds. The fourth-order valence-electron chi connectivity index (χ4n) is 2.25. The van der Waals surface area contributed by atoms with Crippen LogP contribution in [-0.4, -0.2) is 26.7 Å². The second-order valence-corrected chi connectivity index (χ2v) is 9.05. The molecule has 3 N–H and O–H groups in total. The highest BCUT2D eigenvalue weighted by molar-refractivity contribution is 7.91. The van der Waals surface area contributed by atoms with Crippen LogP contribution >= 0.6 is 11.6 Å². The van der Waals surface area contributed by atoms with Crippen molar-refractivity contribution >= 4 is 38.7 Å². The number of carbonyl (C=O) groups is 1. The van der Waals surface area contributed by atoms with E-state index in [9.17, 15) is 13.2 Å². The van der Waals surface area contributed by atoms with Crippen LogP contribution in [0.3, 0.4) is 0 Å². The van der Waals surface area contributed by atoms with Crippen molar-refractivity contribution in [1.29, 1.82) is 0 Å². The lowest BCUT2D eigenvalue weighted by Gasteiger charge is -2.12. The molecule has 0 radical (unpaired) electrons. The van der Waals surface area contributed by atoms with Gasteiger partial charge in [0.1, 0.15) is 5.75 Å². The van der Waals surface area contributed by atoms with Crippen molar-refractivity contribution in [1.82, 2.24) is 0 Å². The lowest BCUT2D eigenvalue weighted by Crippen LogP contribution is -2.16. The number of carbonyl (C=O) groups excluding carboxylic acids is 1. The number of nitrogen functional groups attached to an aromatic ring is 1. The van der Waals surface area contributed by atoms with Gasteiger partial charge in [-0.05, 0) is 37.6 Å². The molecule has 0 bridgehead atoms. The Hall–Kier alpha value is -2.25. The third-order valence-corrected chi connectivity index (χ3v) is 6.33. The SMILES string of the molecule is COc1cc(N)c(Cl)cc1C(=O)Nc1cccc(CS(=O)(=O)C(C)C)c1. The lowest BCUT2D eigenvalue weighted by atomic mass is 10.1. The van der Waals surface area contributed by atoms with Crippen LogP contribution in [-0.2, 0) is 15.6 Å². The molecule has 0 atom stereocenters. The molecule has 2 aromatic carbocycles. The lowest BCUT2D eigenvalue weighted by molar-refractivity contribution is 0.102. The van der Waals surface area contributed by atoms with Gasteiger partial charge in [-0.15, -0.1) is 0 Å². The van der Waals surface area contributed by atoms with Crippen LogP contribution in [0.5, 0.6) is 5.75 Å². The smallest absolute Gasteiger partial charge is 0.259 e. The third-order valence-electron chi connectivity index (χ3n) is 3.83. The van der Waals surface area contributed by atoms with E-state index in [1.807, 2.05) is 0 Å². The van der Waals surface area contributed by atoms with E-state index in [-0.39, 0.29) is 16.3 Å². The molecule has 0 aliphatic heterocycles. The van der Waals surface area contributed by atoms with Gasteiger partial charge in [-0.3, -0.25) is 4.79 Å². The summed E-state index contributed by atoms with van der Waals surface area (Å²) in [5.41, 5.74) is 7.32. The van der Waals surface area contributed by atoms with Crippen molar-refractivity contribution in [3.05, 3.63) is 52.5 Å². The average molecular weight is 397 g/mol. The maximum absolute atomic E-state index is 12.6.